The van der Waals surface area contributed by atoms with Gasteiger partial charge in [0.05, 0.1) is 27.4 Å². The van der Waals surface area contributed by atoms with Crippen LogP contribution >= 0.6 is 0 Å². The average molecular weight is 294 g/mol. The van der Waals surface area contributed by atoms with Crippen LogP contribution in [0.1, 0.15) is 32.6 Å². The van der Waals surface area contributed by atoms with Crippen LogP contribution in [0.15, 0.2) is 23.0 Å². The van der Waals surface area contributed by atoms with Crippen LogP contribution in [0.5, 0.6) is 0 Å². The fourth-order valence-electron chi connectivity index (χ4n) is 3.90. The summed E-state index contributed by atoms with van der Waals surface area (Å²) in [6, 6.07) is 0. The van der Waals surface area contributed by atoms with Crippen molar-refractivity contribution in [2.24, 2.45) is 5.41 Å². The highest BCUT2D eigenvalue weighted by Gasteiger charge is 2.58. The van der Waals surface area contributed by atoms with E-state index in [1.54, 1.807) is 7.11 Å². The number of ether oxygens (including phenoxy) is 4. The molecule has 5 heteroatoms. The molecule has 1 atom stereocenters. The summed E-state index contributed by atoms with van der Waals surface area (Å²) in [5, 5.41) is 0. The van der Waals surface area contributed by atoms with Gasteiger partial charge >= 0.3 is 5.97 Å². The van der Waals surface area contributed by atoms with Gasteiger partial charge in [0.15, 0.2) is 5.79 Å². The monoisotopic (exact) mass is 294 g/mol. The quantitative estimate of drug-likeness (QED) is 0.732. The second kappa shape index (κ2) is 5.14. The Morgan fingerprint density at radius 3 is 2.57 bits per heavy atom. The molecular formula is C16H22O5. The van der Waals surface area contributed by atoms with Crippen LogP contribution in [0.3, 0.4) is 0 Å². The van der Waals surface area contributed by atoms with Gasteiger partial charge in [0.2, 0.25) is 0 Å². The van der Waals surface area contributed by atoms with E-state index in [0.29, 0.717) is 31.0 Å². The molecule has 0 radical (unpaired) electrons. The Balaban J connectivity index is 2.10. The van der Waals surface area contributed by atoms with Gasteiger partial charge in [0, 0.05) is 18.3 Å². The van der Waals surface area contributed by atoms with Crippen molar-refractivity contribution in [1.29, 1.82) is 0 Å². The molecule has 5 nitrogen and oxygen atoms in total. The summed E-state index contributed by atoms with van der Waals surface area (Å²) in [6.07, 6.45) is 5.28. The van der Waals surface area contributed by atoms with Crippen LogP contribution < -0.4 is 0 Å². The highest BCUT2D eigenvalue weighted by molar-refractivity contribution is 5.95. The highest BCUT2D eigenvalue weighted by atomic mass is 16.7. The third kappa shape index (κ3) is 1.94. The summed E-state index contributed by atoms with van der Waals surface area (Å²) < 4.78 is 22.4. The molecule has 0 aromatic heterocycles. The van der Waals surface area contributed by atoms with Crippen molar-refractivity contribution in [1.82, 2.24) is 0 Å². The number of rotatable bonds is 2. The van der Waals surface area contributed by atoms with E-state index in [1.165, 1.54) is 7.11 Å². The lowest BCUT2D eigenvalue weighted by Gasteiger charge is -2.50. The van der Waals surface area contributed by atoms with E-state index < -0.39 is 5.79 Å². The van der Waals surface area contributed by atoms with Gasteiger partial charge in [0.25, 0.3) is 0 Å². The Hall–Kier alpha value is -1.33. The molecule has 0 aromatic carbocycles. The maximum atomic E-state index is 12.3. The molecule has 0 unspecified atom stereocenters. The molecule has 0 aromatic rings. The predicted molar refractivity (Wildman–Crippen MR) is 75.3 cm³/mol. The molecule has 1 fully saturated rings. The predicted octanol–water partition coefficient (Wildman–Crippen LogP) is 2.32. The normalized spacial score (nSPS) is 30.9. The summed E-state index contributed by atoms with van der Waals surface area (Å²) in [4.78, 5) is 12.3. The molecule has 1 heterocycles. The van der Waals surface area contributed by atoms with Gasteiger partial charge in [-0.3, -0.25) is 0 Å². The largest absolute Gasteiger partial charge is 0.500 e. The van der Waals surface area contributed by atoms with Gasteiger partial charge in [-0.15, -0.1) is 0 Å². The first-order chi connectivity index (χ1) is 10.1. The van der Waals surface area contributed by atoms with Gasteiger partial charge in [0.1, 0.15) is 11.3 Å². The van der Waals surface area contributed by atoms with Crippen molar-refractivity contribution in [2.75, 3.05) is 27.4 Å². The Morgan fingerprint density at radius 2 is 1.95 bits per heavy atom. The molecule has 0 N–H and O–H groups in total. The van der Waals surface area contributed by atoms with E-state index >= 15 is 0 Å². The molecule has 21 heavy (non-hydrogen) atoms. The third-order valence-electron chi connectivity index (χ3n) is 5.05. The summed E-state index contributed by atoms with van der Waals surface area (Å²) in [6.45, 7) is 3.34. The number of methoxy groups -OCH3 is 2. The van der Waals surface area contributed by atoms with Gasteiger partial charge in [-0.1, -0.05) is 13.0 Å². The average Bonchev–Trinajstić information content (AvgIpc) is 2.97. The second-order valence-electron chi connectivity index (χ2n) is 5.93. The highest BCUT2D eigenvalue weighted by Crippen LogP contribution is 2.57. The Bertz CT molecular complexity index is 513. The molecule has 0 saturated carbocycles. The van der Waals surface area contributed by atoms with Crippen molar-refractivity contribution in [3.8, 4) is 0 Å². The van der Waals surface area contributed by atoms with E-state index in [-0.39, 0.29) is 11.4 Å². The Kier molecular flexibility index (Phi) is 3.58. The fourth-order valence-corrected chi connectivity index (χ4v) is 3.90. The van der Waals surface area contributed by atoms with E-state index in [4.69, 9.17) is 18.9 Å². The maximum absolute atomic E-state index is 12.3. The molecule has 2 aliphatic carbocycles. The lowest BCUT2D eigenvalue weighted by molar-refractivity contribution is -0.231. The van der Waals surface area contributed by atoms with Gasteiger partial charge < -0.3 is 18.9 Å². The second-order valence-corrected chi connectivity index (χ2v) is 5.93. The lowest BCUT2D eigenvalue weighted by atomic mass is 9.61. The van der Waals surface area contributed by atoms with Crippen molar-refractivity contribution in [3.05, 3.63) is 23.0 Å². The third-order valence-corrected chi connectivity index (χ3v) is 5.05. The number of hydrogen-bond acceptors (Lipinski definition) is 5. The maximum Gasteiger partial charge on any atom is 0.341 e. The topological polar surface area (TPSA) is 54.0 Å². The van der Waals surface area contributed by atoms with Crippen LogP contribution in [0.25, 0.3) is 0 Å². The van der Waals surface area contributed by atoms with E-state index in [2.05, 4.69) is 13.0 Å². The fraction of sp³-hybridized carbons (Fsp3) is 0.688. The SMILES string of the molecule is COC(=O)C1=C(OC)CC[C@]2(C)C1=CCCC21OCCO1. The van der Waals surface area contributed by atoms with Gasteiger partial charge in [-0.25, -0.2) is 4.79 Å². The Labute approximate surface area is 124 Å². The van der Waals surface area contributed by atoms with Crippen molar-refractivity contribution < 1.29 is 23.7 Å². The zero-order valence-corrected chi connectivity index (χ0v) is 12.9. The number of hydrogen-bond donors (Lipinski definition) is 0. The standard InChI is InChI=1S/C16H22O5/c1-15-8-6-12(18-2)13(14(17)19-3)11(15)5-4-7-16(15)20-9-10-21-16/h5H,4,6-10H2,1-3H3/t15-/m1/s1. The molecule has 1 aliphatic heterocycles. The minimum Gasteiger partial charge on any atom is -0.500 e. The number of allylic oxidation sites excluding steroid dienone is 2. The molecule has 1 spiro atoms. The smallest absolute Gasteiger partial charge is 0.341 e. The summed E-state index contributed by atoms with van der Waals surface area (Å²) in [7, 11) is 3.00. The minimum atomic E-state index is -0.615. The number of carbonyl (C=O) groups excluding carboxylic acids is 1. The van der Waals surface area contributed by atoms with Gasteiger partial charge in [-0.2, -0.15) is 0 Å². The first-order valence-corrected chi connectivity index (χ1v) is 7.42. The number of carbonyl (C=O) groups is 1. The zero-order chi connectivity index (χ0) is 15.1. The minimum absolute atomic E-state index is 0.340. The molecule has 1 saturated heterocycles. The van der Waals surface area contributed by atoms with Crippen LogP contribution in [-0.2, 0) is 23.7 Å². The van der Waals surface area contributed by atoms with E-state index in [0.717, 1.165) is 24.8 Å². The lowest BCUT2D eigenvalue weighted by Crippen LogP contribution is -2.52. The molecule has 0 bridgehead atoms. The van der Waals surface area contributed by atoms with Crippen molar-refractivity contribution in [2.45, 2.75) is 38.4 Å². The molecule has 3 aliphatic rings. The van der Waals surface area contributed by atoms with Gasteiger partial charge in [-0.05, 0) is 18.4 Å². The molecule has 0 amide bonds. The van der Waals surface area contributed by atoms with Crippen LogP contribution in [-0.4, -0.2) is 39.2 Å². The Morgan fingerprint density at radius 1 is 1.24 bits per heavy atom. The van der Waals surface area contributed by atoms with E-state index in [9.17, 15) is 4.79 Å². The summed E-state index contributed by atoms with van der Waals surface area (Å²) in [5.74, 6) is -0.269. The van der Waals surface area contributed by atoms with Crippen LogP contribution in [0, 0.1) is 5.41 Å². The molecule has 116 valence electrons. The summed E-state index contributed by atoms with van der Waals surface area (Å²) in [5.41, 5.74) is 1.16. The first kappa shape index (κ1) is 14.6. The number of fused-ring (bicyclic) bond motifs is 2. The molecular weight excluding hydrogens is 272 g/mol. The van der Waals surface area contributed by atoms with Crippen molar-refractivity contribution in [3.63, 3.8) is 0 Å². The van der Waals surface area contributed by atoms with Crippen molar-refractivity contribution >= 4 is 5.97 Å². The number of esters is 1. The van der Waals surface area contributed by atoms with Crippen LogP contribution in [0.2, 0.25) is 0 Å². The zero-order valence-electron chi connectivity index (χ0n) is 12.9. The summed E-state index contributed by atoms with van der Waals surface area (Å²) >= 11 is 0. The van der Waals surface area contributed by atoms with Crippen LogP contribution in [0.4, 0.5) is 0 Å². The molecule has 3 rings (SSSR count). The first-order valence-electron chi connectivity index (χ1n) is 7.42. The van der Waals surface area contributed by atoms with E-state index in [1.807, 2.05) is 0 Å².